The first-order chi connectivity index (χ1) is 15.3. The zero-order valence-electron chi connectivity index (χ0n) is 17.0. The smallest absolute Gasteiger partial charge is 0.258 e. The fourth-order valence-electron chi connectivity index (χ4n) is 4.22. The first-order valence-electron chi connectivity index (χ1n) is 10.7. The van der Waals surface area contributed by atoms with Crippen LogP contribution >= 0.6 is 0 Å². The van der Waals surface area contributed by atoms with Crippen LogP contribution in [-0.4, -0.2) is 59.6 Å². The molecule has 0 spiro atoms. The summed E-state index contributed by atoms with van der Waals surface area (Å²) in [6, 6.07) is 11.8. The number of fused-ring (bicyclic) bond motifs is 2. The van der Waals surface area contributed by atoms with Gasteiger partial charge in [-0.1, -0.05) is 16.8 Å². The molecule has 31 heavy (non-hydrogen) atoms. The van der Waals surface area contributed by atoms with Gasteiger partial charge in [-0.05, 0) is 62.3 Å². The molecular weight excluding hydrogens is 392 g/mol. The van der Waals surface area contributed by atoms with Gasteiger partial charge in [-0.15, -0.1) is 5.10 Å². The molecule has 0 bridgehead atoms. The van der Waals surface area contributed by atoms with Crippen molar-refractivity contribution < 1.29 is 4.52 Å². The molecule has 9 heteroatoms. The summed E-state index contributed by atoms with van der Waals surface area (Å²) in [5.74, 6) is 1.00. The van der Waals surface area contributed by atoms with Gasteiger partial charge in [0.15, 0.2) is 0 Å². The second-order valence-corrected chi connectivity index (χ2v) is 7.98. The number of benzene rings is 2. The van der Waals surface area contributed by atoms with Crippen LogP contribution in [0.15, 0.2) is 47.2 Å². The van der Waals surface area contributed by atoms with Crippen molar-refractivity contribution >= 4 is 22.1 Å². The second-order valence-electron chi connectivity index (χ2n) is 7.98. The molecule has 1 aliphatic rings. The highest BCUT2D eigenvalue weighted by molar-refractivity contribution is 5.81. The Bertz CT molecular complexity index is 1340. The molecule has 2 aromatic carbocycles. The molecule has 1 saturated heterocycles. The van der Waals surface area contributed by atoms with E-state index in [-0.39, 0.29) is 0 Å². The number of piperidine rings is 1. The lowest BCUT2D eigenvalue weighted by molar-refractivity contribution is 0.218. The molecule has 156 valence electrons. The molecule has 0 unspecified atom stereocenters. The zero-order valence-corrected chi connectivity index (χ0v) is 17.0. The van der Waals surface area contributed by atoms with Gasteiger partial charge in [0.1, 0.15) is 5.52 Å². The van der Waals surface area contributed by atoms with Crippen LogP contribution in [-0.2, 0) is 6.54 Å². The third-order valence-corrected chi connectivity index (χ3v) is 5.94. The van der Waals surface area contributed by atoms with Crippen LogP contribution in [0.25, 0.3) is 44.9 Å². The number of imidazole rings is 1. The average molecular weight is 414 g/mol. The lowest BCUT2D eigenvalue weighted by Gasteiger charge is -2.26. The minimum atomic E-state index is 0.469. The first kappa shape index (κ1) is 18.2. The summed E-state index contributed by atoms with van der Waals surface area (Å²) in [5, 5.41) is 12.9. The van der Waals surface area contributed by atoms with Crippen molar-refractivity contribution in [2.75, 3.05) is 19.6 Å². The van der Waals surface area contributed by atoms with E-state index in [4.69, 9.17) is 4.52 Å². The van der Waals surface area contributed by atoms with Crippen molar-refractivity contribution in [1.82, 2.24) is 40.0 Å². The van der Waals surface area contributed by atoms with Crippen LogP contribution in [0, 0.1) is 0 Å². The molecule has 1 N–H and O–H groups in total. The van der Waals surface area contributed by atoms with Crippen LogP contribution < -0.4 is 0 Å². The normalized spacial score (nSPS) is 15.2. The summed E-state index contributed by atoms with van der Waals surface area (Å²) >= 11 is 0. The number of rotatable bonds is 5. The molecule has 0 aliphatic carbocycles. The Hall–Kier alpha value is -3.59. The molecule has 9 nitrogen and oxygen atoms in total. The highest BCUT2D eigenvalue weighted by Crippen LogP contribution is 2.26. The number of hydrogen-bond acceptors (Lipinski definition) is 7. The number of likely N-dealkylation sites (tertiary alicyclic amines) is 1. The van der Waals surface area contributed by atoms with Crippen LogP contribution in [0.3, 0.4) is 0 Å². The topological polar surface area (TPSA) is 102 Å². The Morgan fingerprint density at radius 2 is 1.84 bits per heavy atom. The summed E-state index contributed by atoms with van der Waals surface area (Å²) in [4.78, 5) is 14.4. The Morgan fingerprint density at radius 3 is 2.77 bits per heavy atom. The van der Waals surface area contributed by atoms with Gasteiger partial charge in [0.2, 0.25) is 5.82 Å². The Kier molecular flexibility index (Phi) is 4.45. The van der Waals surface area contributed by atoms with Crippen molar-refractivity contribution in [1.29, 1.82) is 0 Å². The lowest BCUT2D eigenvalue weighted by Crippen LogP contribution is -2.32. The van der Waals surface area contributed by atoms with E-state index in [0.717, 1.165) is 46.3 Å². The molecule has 0 radical (unpaired) electrons. The number of nitrogens with zero attached hydrogens (tertiary/aromatic N) is 7. The molecule has 6 rings (SSSR count). The first-order valence-corrected chi connectivity index (χ1v) is 10.7. The third-order valence-electron chi connectivity index (χ3n) is 5.94. The number of nitrogens with one attached hydrogen (secondary N) is 1. The van der Waals surface area contributed by atoms with Crippen molar-refractivity contribution in [3.05, 3.63) is 42.7 Å². The van der Waals surface area contributed by atoms with E-state index >= 15 is 0 Å². The summed E-state index contributed by atoms with van der Waals surface area (Å²) < 4.78 is 7.49. The standard InChI is InChI=1S/C22H22N8O/c1-2-8-29(9-3-1)10-11-30-20-7-5-15(12-19(20)26-28-30)21-25-22(31-27-21)16-4-6-17-18(13-16)24-14-23-17/h4-7,12-14H,1-3,8-11H2,(H,23,24). The lowest BCUT2D eigenvalue weighted by atomic mass is 10.1. The minimum absolute atomic E-state index is 0.469. The predicted molar refractivity (Wildman–Crippen MR) is 116 cm³/mol. The van der Waals surface area contributed by atoms with Crippen molar-refractivity contribution in [2.24, 2.45) is 0 Å². The van der Waals surface area contributed by atoms with Gasteiger partial charge in [-0.3, -0.25) is 0 Å². The monoisotopic (exact) mass is 414 g/mol. The molecule has 0 amide bonds. The molecule has 0 atom stereocenters. The van der Waals surface area contributed by atoms with Gasteiger partial charge in [0.05, 0.1) is 29.4 Å². The molecule has 3 aromatic heterocycles. The summed E-state index contributed by atoms with van der Waals surface area (Å²) in [5.41, 5.74) is 5.39. The van der Waals surface area contributed by atoms with Gasteiger partial charge in [-0.25, -0.2) is 9.67 Å². The van der Waals surface area contributed by atoms with Crippen molar-refractivity contribution in [3.8, 4) is 22.8 Å². The molecule has 1 aliphatic heterocycles. The zero-order chi connectivity index (χ0) is 20.6. The highest BCUT2D eigenvalue weighted by atomic mass is 16.5. The molecule has 4 heterocycles. The number of aromatic amines is 1. The van der Waals surface area contributed by atoms with Crippen molar-refractivity contribution in [3.63, 3.8) is 0 Å². The molecule has 1 fully saturated rings. The average Bonchev–Trinajstić information content (AvgIpc) is 3.57. The quantitative estimate of drug-likeness (QED) is 0.469. The minimum Gasteiger partial charge on any atom is -0.345 e. The SMILES string of the molecule is c1nc2ccc(-c3nc(-c4ccc5c(c4)nnn5CCN4CCCCC4)no3)cc2[nH]1. The summed E-state index contributed by atoms with van der Waals surface area (Å²) in [6.07, 6.45) is 5.61. The molecule has 5 aromatic rings. The Labute approximate surface area is 178 Å². The number of hydrogen-bond donors (Lipinski definition) is 1. The van der Waals surface area contributed by atoms with E-state index in [2.05, 4.69) is 35.3 Å². The van der Waals surface area contributed by atoms with Crippen LogP contribution in [0.2, 0.25) is 0 Å². The maximum Gasteiger partial charge on any atom is 0.258 e. The van der Waals surface area contributed by atoms with Crippen LogP contribution in [0.5, 0.6) is 0 Å². The number of aromatic nitrogens is 7. The van der Waals surface area contributed by atoms with Crippen molar-refractivity contribution in [2.45, 2.75) is 25.8 Å². The van der Waals surface area contributed by atoms with E-state index in [9.17, 15) is 0 Å². The highest BCUT2D eigenvalue weighted by Gasteiger charge is 2.15. The summed E-state index contributed by atoms with van der Waals surface area (Å²) in [7, 11) is 0. The van der Waals surface area contributed by atoms with E-state index in [1.165, 1.54) is 32.4 Å². The predicted octanol–water partition coefficient (Wildman–Crippen LogP) is 3.51. The fraction of sp³-hybridized carbons (Fsp3) is 0.318. The molecule has 0 saturated carbocycles. The van der Waals surface area contributed by atoms with Gasteiger partial charge in [0.25, 0.3) is 5.89 Å². The Balaban J connectivity index is 1.23. The van der Waals surface area contributed by atoms with Gasteiger partial charge in [0, 0.05) is 17.7 Å². The van der Waals surface area contributed by atoms with E-state index in [1.807, 2.05) is 41.1 Å². The van der Waals surface area contributed by atoms with Gasteiger partial charge in [-0.2, -0.15) is 4.98 Å². The number of H-pyrrole nitrogens is 1. The maximum atomic E-state index is 5.51. The largest absolute Gasteiger partial charge is 0.345 e. The van der Waals surface area contributed by atoms with E-state index < -0.39 is 0 Å². The van der Waals surface area contributed by atoms with E-state index in [0.29, 0.717) is 11.7 Å². The molecular formula is C22H22N8O. The van der Waals surface area contributed by atoms with Crippen LogP contribution in [0.1, 0.15) is 19.3 Å². The Morgan fingerprint density at radius 1 is 0.935 bits per heavy atom. The second kappa shape index (κ2) is 7.59. The third kappa shape index (κ3) is 3.46. The van der Waals surface area contributed by atoms with Gasteiger partial charge >= 0.3 is 0 Å². The maximum absolute atomic E-state index is 5.51. The van der Waals surface area contributed by atoms with Gasteiger partial charge < -0.3 is 14.4 Å². The summed E-state index contributed by atoms with van der Waals surface area (Å²) in [6.45, 7) is 4.22. The van der Waals surface area contributed by atoms with E-state index in [1.54, 1.807) is 6.33 Å². The fourth-order valence-corrected chi connectivity index (χ4v) is 4.22. The van der Waals surface area contributed by atoms with Crippen LogP contribution in [0.4, 0.5) is 0 Å².